The summed E-state index contributed by atoms with van der Waals surface area (Å²) in [6.45, 7) is 0.0709. The van der Waals surface area contributed by atoms with Gasteiger partial charge in [-0.3, -0.25) is 4.98 Å². The molecule has 0 aliphatic carbocycles. The number of hydrogen-bond donors (Lipinski definition) is 0. The van der Waals surface area contributed by atoms with Gasteiger partial charge in [0.2, 0.25) is 0 Å². The molecule has 0 aliphatic heterocycles. The van der Waals surface area contributed by atoms with Gasteiger partial charge in [-0.2, -0.15) is 0 Å². The number of fused-ring (bicyclic) bond motifs is 1. The Morgan fingerprint density at radius 1 is 0.733 bits per heavy atom. The second-order valence-electron chi connectivity index (χ2n) is 10.6. The molecule has 1 radical (unpaired) electrons. The Balaban J connectivity index is 0.000000211. The van der Waals surface area contributed by atoms with Crippen LogP contribution in [-0.2, 0) is 20.1 Å². The number of rotatable bonds is 5. The number of benzene rings is 4. The Bertz CT molecular complexity index is 2140. The fourth-order valence-electron chi connectivity index (χ4n) is 4.73. The van der Waals surface area contributed by atoms with Crippen molar-refractivity contribution in [3.05, 3.63) is 150 Å². The van der Waals surface area contributed by atoms with Crippen LogP contribution < -0.4 is 0 Å². The molecule has 0 aliphatic rings. The SMILES string of the molecule is CC(C)c1ccnc(-c2[c-]c3sc(-c4ccccc4)nc3c(-c3ccccc3)c2)c1.[2H]C([2H])([2H])c1c[c-]c(-c2ccc(C([2H])([2H])[2H])cn2)cc1.[Ir]. The maximum atomic E-state index is 7.28. The van der Waals surface area contributed by atoms with E-state index in [9.17, 15) is 0 Å². The van der Waals surface area contributed by atoms with Crippen LogP contribution in [0.3, 0.4) is 0 Å². The van der Waals surface area contributed by atoms with Gasteiger partial charge in [0.15, 0.2) is 0 Å². The van der Waals surface area contributed by atoms with Crippen molar-refractivity contribution in [3.8, 4) is 44.2 Å². The normalized spacial score (nSPS) is 13.2. The van der Waals surface area contributed by atoms with Crippen LogP contribution in [0.25, 0.3) is 54.4 Å². The predicted octanol–water partition coefficient (Wildman–Crippen LogP) is 10.8. The summed E-state index contributed by atoms with van der Waals surface area (Å²) >= 11 is 1.68. The summed E-state index contributed by atoms with van der Waals surface area (Å²) in [5.41, 5.74) is 9.19. The third-order valence-electron chi connectivity index (χ3n) is 7.10. The Morgan fingerprint density at radius 3 is 2.11 bits per heavy atom. The van der Waals surface area contributed by atoms with Crippen molar-refractivity contribution in [2.45, 2.75) is 33.5 Å². The number of aromatic nitrogens is 3. The molecular weight excluding hydrogens is 747 g/mol. The second-order valence-corrected chi connectivity index (χ2v) is 11.6. The van der Waals surface area contributed by atoms with Gasteiger partial charge in [-0.25, -0.2) is 0 Å². The number of hydrogen-bond acceptors (Lipinski definition) is 4. The zero-order chi connectivity index (χ0) is 35.5. The molecular formula is C40H33IrN3S-2. The average molecular weight is 786 g/mol. The molecule has 0 fully saturated rings. The summed E-state index contributed by atoms with van der Waals surface area (Å²) in [6, 6.07) is 41.3. The van der Waals surface area contributed by atoms with Gasteiger partial charge in [0.1, 0.15) is 5.01 Å². The topological polar surface area (TPSA) is 38.7 Å². The number of pyridine rings is 2. The third kappa shape index (κ3) is 7.69. The molecule has 3 aromatic heterocycles. The molecule has 0 bridgehead atoms. The molecule has 45 heavy (non-hydrogen) atoms. The standard InChI is InChI=1S/C27H21N2S.C13H12N.Ir/c1-18(2)21-13-14-28-24(16-21)22-15-23(19-9-5-3-6-10-19)26-25(17-22)30-27(29-26)20-11-7-4-8-12-20;1-10-3-6-12(7-4-10)13-8-5-11(2)9-14-13;/h3-16,18H,1-2H3;3-6,8-9H,1-2H3;/q2*-1;/i;1D3,2D3;. The van der Waals surface area contributed by atoms with Gasteiger partial charge in [0.25, 0.3) is 0 Å². The summed E-state index contributed by atoms with van der Waals surface area (Å²) in [6.07, 6.45) is 3.20. The van der Waals surface area contributed by atoms with Gasteiger partial charge in [-0.05, 0) is 46.1 Å². The quantitative estimate of drug-likeness (QED) is 0.163. The first-order chi connectivity index (χ1) is 23.9. The fourth-order valence-corrected chi connectivity index (χ4v) is 5.73. The van der Waals surface area contributed by atoms with Gasteiger partial charge in [0, 0.05) is 51.8 Å². The van der Waals surface area contributed by atoms with Gasteiger partial charge in [-0.15, -0.1) is 64.4 Å². The van der Waals surface area contributed by atoms with E-state index in [4.69, 9.17) is 13.2 Å². The molecule has 0 N–H and O–H groups in total. The first-order valence-corrected chi connectivity index (χ1v) is 15.1. The molecule has 0 atom stereocenters. The minimum Gasteiger partial charge on any atom is -0.305 e. The number of aryl methyl sites for hydroxylation is 2. The van der Waals surface area contributed by atoms with E-state index in [1.165, 1.54) is 30.0 Å². The molecule has 7 rings (SSSR count). The molecule has 0 saturated carbocycles. The van der Waals surface area contributed by atoms with E-state index < -0.39 is 13.7 Å². The van der Waals surface area contributed by atoms with E-state index in [2.05, 4.69) is 103 Å². The molecule has 0 unspecified atom stereocenters. The van der Waals surface area contributed by atoms with Gasteiger partial charge < -0.3 is 9.97 Å². The fraction of sp³-hybridized carbons (Fsp3) is 0.125. The summed E-state index contributed by atoms with van der Waals surface area (Å²) in [4.78, 5) is 13.7. The van der Waals surface area contributed by atoms with Crippen LogP contribution in [0.4, 0.5) is 0 Å². The van der Waals surface area contributed by atoms with Crippen molar-refractivity contribution in [1.82, 2.24) is 15.0 Å². The molecule has 0 spiro atoms. The van der Waals surface area contributed by atoms with Crippen LogP contribution in [0.1, 0.15) is 44.7 Å². The maximum absolute atomic E-state index is 7.28. The Hall–Kier alpha value is -4.28. The Kier molecular flexibility index (Phi) is 8.14. The van der Waals surface area contributed by atoms with Crippen molar-refractivity contribution in [3.63, 3.8) is 0 Å². The summed E-state index contributed by atoms with van der Waals surface area (Å²) < 4.78 is 44.7. The monoisotopic (exact) mass is 786 g/mol. The zero-order valence-corrected chi connectivity index (χ0v) is 27.9. The van der Waals surface area contributed by atoms with Crippen LogP contribution in [0, 0.1) is 25.8 Å². The first kappa shape index (κ1) is 25.0. The smallest absolute Gasteiger partial charge is 0.112 e. The number of nitrogens with zero attached hydrogens (tertiary/aromatic N) is 3. The van der Waals surface area contributed by atoms with E-state index in [1.54, 1.807) is 23.5 Å². The van der Waals surface area contributed by atoms with E-state index >= 15 is 0 Å². The molecule has 4 aromatic carbocycles. The van der Waals surface area contributed by atoms with Crippen LogP contribution in [0.2, 0.25) is 0 Å². The minimum atomic E-state index is -2.18. The van der Waals surface area contributed by atoms with E-state index in [0.29, 0.717) is 17.2 Å². The molecule has 5 heteroatoms. The molecule has 3 nitrogen and oxygen atoms in total. The van der Waals surface area contributed by atoms with Gasteiger partial charge in [0.05, 0.1) is 0 Å². The van der Waals surface area contributed by atoms with Crippen molar-refractivity contribution in [2.75, 3.05) is 0 Å². The average Bonchev–Trinajstić information content (AvgIpc) is 3.56. The van der Waals surface area contributed by atoms with Crippen molar-refractivity contribution < 1.29 is 28.3 Å². The van der Waals surface area contributed by atoms with Crippen molar-refractivity contribution in [1.29, 1.82) is 0 Å². The van der Waals surface area contributed by atoms with Crippen LogP contribution in [-0.4, -0.2) is 15.0 Å². The van der Waals surface area contributed by atoms with Crippen molar-refractivity contribution >= 4 is 21.6 Å². The van der Waals surface area contributed by atoms with E-state index in [0.717, 1.165) is 43.2 Å². The van der Waals surface area contributed by atoms with Crippen LogP contribution >= 0.6 is 11.3 Å². The minimum absolute atomic E-state index is 0. The molecule has 7 aromatic rings. The molecule has 0 saturated heterocycles. The van der Waals surface area contributed by atoms with E-state index in [-0.39, 0.29) is 31.2 Å². The molecule has 225 valence electrons. The molecule has 3 heterocycles. The third-order valence-corrected chi connectivity index (χ3v) is 8.12. The Labute approximate surface area is 291 Å². The van der Waals surface area contributed by atoms with Gasteiger partial charge in [-0.1, -0.05) is 111 Å². The number of thiazole rings is 1. The maximum Gasteiger partial charge on any atom is 0.112 e. The van der Waals surface area contributed by atoms with Crippen molar-refractivity contribution in [2.24, 2.45) is 0 Å². The second kappa shape index (κ2) is 14.7. The zero-order valence-electron chi connectivity index (χ0n) is 30.7. The summed E-state index contributed by atoms with van der Waals surface area (Å²) in [7, 11) is 0. The summed E-state index contributed by atoms with van der Waals surface area (Å²) in [5, 5.41) is 1.01. The van der Waals surface area contributed by atoms with Crippen LogP contribution in [0.5, 0.6) is 0 Å². The summed E-state index contributed by atoms with van der Waals surface area (Å²) in [5.74, 6) is 0.456. The largest absolute Gasteiger partial charge is 0.305 e. The molecule has 0 amide bonds. The van der Waals surface area contributed by atoms with Crippen LogP contribution in [0.15, 0.2) is 122 Å². The predicted molar refractivity (Wildman–Crippen MR) is 185 cm³/mol. The first-order valence-electron chi connectivity index (χ1n) is 17.3. The Morgan fingerprint density at radius 2 is 1.47 bits per heavy atom. The van der Waals surface area contributed by atoms with Gasteiger partial charge >= 0.3 is 0 Å². The van der Waals surface area contributed by atoms with E-state index in [1.807, 2.05) is 18.3 Å².